The Morgan fingerprint density at radius 1 is 1.38 bits per heavy atom. The van der Waals surface area contributed by atoms with Crippen LogP contribution in [0.25, 0.3) is 0 Å². The molecule has 6 nitrogen and oxygen atoms in total. The Morgan fingerprint density at radius 2 is 2.19 bits per heavy atom. The summed E-state index contributed by atoms with van der Waals surface area (Å²) < 4.78 is 25.8. The highest BCUT2D eigenvalue weighted by Gasteiger charge is 2.15. The number of rotatable bonds is 3. The lowest BCUT2D eigenvalue weighted by molar-refractivity contribution is 0.601. The van der Waals surface area contributed by atoms with Crippen LogP contribution in [0.15, 0.2) is 35.5 Å². The molecular weight excluding hydrogens is 252 g/mol. The van der Waals surface area contributed by atoms with E-state index >= 15 is 0 Å². The van der Waals surface area contributed by atoms with Crippen molar-refractivity contribution in [3.63, 3.8) is 0 Å². The molecule has 0 bridgehead atoms. The number of H-pyrrole nitrogens is 1. The second-order valence-corrected chi connectivity index (χ2v) is 5.02. The van der Waals surface area contributed by atoms with E-state index < -0.39 is 10.0 Å². The molecule has 1 aromatic carbocycles. The van der Waals surface area contributed by atoms with Gasteiger partial charge in [-0.25, -0.2) is 18.2 Å². The number of hydrogen-bond donors (Lipinski definition) is 2. The number of aromatic nitrogens is 3. The first-order valence-corrected chi connectivity index (χ1v) is 6.08. The second-order valence-electron chi connectivity index (χ2n) is 2.90. The van der Waals surface area contributed by atoms with Crippen LogP contribution in [-0.4, -0.2) is 23.6 Å². The smallest absolute Gasteiger partial charge is 0.248 e. The second kappa shape index (κ2) is 4.11. The lowest BCUT2D eigenvalue weighted by Gasteiger charge is -2.04. The molecule has 0 fully saturated rings. The van der Waals surface area contributed by atoms with Gasteiger partial charge in [-0.3, -0.25) is 0 Å². The van der Waals surface area contributed by atoms with E-state index in [0.717, 1.165) is 0 Å². The van der Waals surface area contributed by atoms with Gasteiger partial charge in [0.2, 0.25) is 5.95 Å². The van der Waals surface area contributed by atoms with Crippen LogP contribution in [0.5, 0.6) is 0 Å². The Bertz CT molecular complexity index is 582. The summed E-state index contributed by atoms with van der Waals surface area (Å²) in [6, 6.07) is 5.93. The lowest BCUT2D eigenvalue weighted by Crippen LogP contribution is -2.13. The summed E-state index contributed by atoms with van der Waals surface area (Å²) >= 11 is 5.70. The van der Waals surface area contributed by atoms with Crippen molar-refractivity contribution in [3.8, 4) is 0 Å². The molecule has 0 amide bonds. The highest BCUT2D eigenvalue weighted by atomic mass is 35.5. The van der Waals surface area contributed by atoms with Crippen LogP contribution in [0.1, 0.15) is 0 Å². The molecule has 0 aliphatic carbocycles. The average Bonchev–Trinajstić information content (AvgIpc) is 2.70. The topological polar surface area (TPSA) is 87.7 Å². The van der Waals surface area contributed by atoms with Crippen molar-refractivity contribution in [2.75, 3.05) is 4.72 Å². The zero-order chi connectivity index (χ0) is 11.6. The minimum Gasteiger partial charge on any atom is -0.248 e. The van der Waals surface area contributed by atoms with Crippen molar-refractivity contribution in [1.82, 2.24) is 15.2 Å². The molecule has 2 N–H and O–H groups in total. The number of hydrogen-bond acceptors (Lipinski definition) is 4. The molecule has 0 saturated heterocycles. The molecule has 0 radical (unpaired) electrons. The molecule has 0 spiro atoms. The summed E-state index contributed by atoms with van der Waals surface area (Å²) in [6.45, 7) is 0. The summed E-state index contributed by atoms with van der Waals surface area (Å²) in [7, 11) is -3.67. The quantitative estimate of drug-likeness (QED) is 0.868. The van der Waals surface area contributed by atoms with E-state index in [9.17, 15) is 8.42 Å². The van der Waals surface area contributed by atoms with Crippen LogP contribution in [0, 0.1) is 0 Å². The lowest BCUT2D eigenvalue weighted by atomic mass is 10.4. The molecule has 0 unspecified atom stereocenters. The Kier molecular flexibility index (Phi) is 2.80. The third-order valence-electron chi connectivity index (χ3n) is 1.75. The fraction of sp³-hybridized carbons (Fsp3) is 0. The van der Waals surface area contributed by atoms with Crippen LogP contribution in [0.4, 0.5) is 5.95 Å². The minimum absolute atomic E-state index is 0.0555. The number of aromatic amines is 1. The van der Waals surface area contributed by atoms with Crippen molar-refractivity contribution < 1.29 is 8.42 Å². The molecule has 16 heavy (non-hydrogen) atoms. The number of nitrogens with zero attached hydrogens (tertiary/aromatic N) is 2. The maximum Gasteiger partial charge on any atom is 0.264 e. The molecule has 0 aliphatic heterocycles. The molecule has 1 aromatic heterocycles. The van der Waals surface area contributed by atoms with Crippen molar-refractivity contribution in [3.05, 3.63) is 35.6 Å². The highest BCUT2D eigenvalue weighted by Crippen LogP contribution is 2.17. The molecule has 84 valence electrons. The van der Waals surface area contributed by atoms with Gasteiger partial charge in [-0.2, -0.15) is 10.1 Å². The van der Waals surface area contributed by atoms with Gasteiger partial charge < -0.3 is 0 Å². The molecule has 2 rings (SSSR count). The van der Waals surface area contributed by atoms with Gasteiger partial charge in [-0.1, -0.05) is 17.7 Å². The predicted molar refractivity (Wildman–Crippen MR) is 58.6 cm³/mol. The zero-order valence-corrected chi connectivity index (χ0v) is 9.46. The monoisotopic (exact) mass is 258 g/mol. The normalized spacial score (nSPS) is 11.3. The number of nitrogens with one attached hydrogen (secondary N) is 2. The third kappa shape index (κ3) is 2.31. The standard InChI is InChI=1S/C8H7ClN4O2S/c9-6-2-1-3-7(4-6)16(14,15)13-8-10-5-11-12-8/h1-5H,(H2,10,11,12,13). The van der Waals surface area contributed by atoms with Crippen LogP contribution in [-0.2, 0) is 10.0 Å². The molecule has 2 aromatic rings. The van der Waals surface area contributed by atoms with E-state index in [0.29, 0.717) is 5.02 Å². The summed E-state index contributed by atoms with van der Waals surface area (Å²) in [6.07, 6.45) is 1.20. The summed E-state index contributed by atoms with van der Waals surface area (Å²) in [5, 5.41) is 6.27. The zero-order valence-electron chi connectivity index (χ0n) is 7.88. The first kappa shape index (κ1) is 10.9. The van der Waals surface area contributed by atoms with E-state index in [1.807, 2.05) is 0 Å². The van der Waals surface area contributed by atoms with E-state index in [-0.39, 0.29) is 10.8 Å². The molecule has 0 saturated carbocycles. The third-order valence-corrected chi connectivity index (χ3v) is 3.32. The van der Waals surface area contributed by atoms with E-state index in [1.165, 1.54) is 18.5 Å². The Balaban J connectivity index is 2.33. The SMILES string of the molecule is O=S(=O)(Nc1ncn[nH]1)c1cccc(Cl)c1. The number of halogens is 1. The maximum atomic E-state index is 11.8. The van der Waals surface area contributed by atoms with Gasteiger partial charge in [0.15, 0.2) is 0 Å². The van der Waals surface area contributed by atoms with Crippen molar-refractivity contribution >= 4 is 27.6 Å². The van der Waals surface area contributed by atoms with Gasteiger partial charge >= 0.3 is 0 Å². The number of benzene rings is 1. The van der Waals surface area contributed by atoms with Crippen molar-refractivity contribution in [2.24, 2.45) is 0 Å². The van der Waals surface area contributed by atoms with E-state index in [1.54, 1.807) is 12.1 Å². The number of sulfonamides is 1. The van der Waals surface area contributed by atoms with E-state index in [2.05, 4.69) is 19.9 Å². The first-order valence-electron chi connectivity index (χ1n) is 4.22. The molecular formula is C8H7ClN4O2S. The largest absolute Gasteiger partial charge is 0.264 e. The van der Waals surface area contributed by atoms with Gasteiger partial charge in [0.1, 0.15) is 6.33 Å². The van der Waals surface area contributed by atoms with Gasteiger partial charge in [0.05, 0.1) is 4.90 Å². The molecule has 0 atom stereocenters. The van der Waals surface area contributed by atoms with E-state index in [4.69, 9.17) is 11.6 Å². The minimum atomic E-state index is -3.67. The average molecular weight is 259 g/mol. The molecule has 0 aliphatic rings. The van der Waals surface area contributed by atoms with Crippen LogP contribution in [0.3, 0.4) is 0 Å². The van der Waals surface area contributed by atoms with Gasteiger partial charge in [0.25, 0.3) is 10.0 Å². The fourth-order valence-corrected chi connectivity index (χ4v) is 2.34. The summed E-state index contributed by atoms with van der Waals surface area (Å²) in [4.78, 5) is 3.73. The summed E-state index contributed by atoms with van der Waals surface area (Å²) in [5.41, 5.74) is 0. The highest BCUT2D eigenvalue weighted by molar-refractivity contribution is 7.92. The van der Waals surface area contributed by atoms with Crippen LogP contribution < -0.4 is 4.72 Å². The van der Waals surface area contributed by atoms with Gasteiger partial charge in [-0.05, 0) is 18.2 Å². The maximum absolute atomic E-state index is 11.8. The van der Waals surface area contributed by atoms with Crippen LogP contribution in [0.2, 0.25) is 5.02 Å². The Hall–Kier alpha value is -1.60. The van der Waals surface area contributed by atoms with Gasteiger partial charge in [-0.15, -0.1) is 0 Å². The van der Waals surface area contributed by atoms with Gasteiger partial charge in [0, 0.05) is 5.02 Å². The molecule has 8 heteroatoms. The Labute approximate surface area is 96.7 Å². The fourth-order valence-electron chi connectivity index (χ4n) is 1.08. The van der Waals surface area contributed by atoms with Crippen molar-refractivity contribution in [2.45, 2.75) is 4.90 Å². The summed E-state index contributed by atoms with van der Waals surface area (Å²) in [5.74, 6) is 0.0555. The predicted octanol–water partition coefficient (Wildman–Crippen LogP) is 1.26. The molecule has 1 heterocycles. The Morgan fingerprint density at radius 3 is 2.81 bits per heavy atom. The van der Waals surface area contributed by atoms with Crippen LogP contribution >= 0.6 is 11.6 Å². The number of anilines is 1. The van der Waals surface area contributed by atoms with Crippen molar-refractivity contribution in [1.29, 1.82) is 0 Å². The first-order chi connectivity index (χ1) is 7.58.